The second kappa shape index (κ2) is 7.31. The van der Waals surface area contributed by atoms with E-state index in [-0.39, 0.29) is 12.0 Å². The second-order valence-corrected chi connectivity index (χ2v) is 5.53. The minimum absolute atomic E-state index is 0.0828. The Morgan fingerprint density at radius 2 is 2.00 bits per heavy atom. The van der Waals surface area contributed by atoms with Crippen LogP contribution in [0.4, 0.5) is 0 Å². The van der Waals surface area contributed by atoms with Gasteiger partial charge < -0.3 is 10.5 Å². The molecule has 106 valence electrons. The van der Waals surface area contributed by atoms with Gasteiger partial charge in [-0.15, -0.1) is 11.8 Å². The van der Waals surface area contributed by atoms with E-state index in [1.165, 1.54) is 22.5 Å². The van der Waals surface area contributed by atoms with Crippen molar-refractivity contribution in [1.29, 1.82) is 0 Å². The van der Waals surface area contributed by atoms with Crippen molar-refractivity contribution in [3.63, 3.8) is 0 Å². The van der Waals surface area contributed by atoms with Crippen LogP contribution in [-0.4, -0.2) is 24.1 Å². The minimum atomic E-state index is -0.178. The van der Waals surface area contributed by atoms with Gasteiger partial charge in [0.15, 0.2) is 0 Å². The van der Waals surface area contributed by atoms with Crippen molar-refractivity contribution in [1.82, 2.24) is 0 Å². The molecule has 0 aromatic heterocycles. The van der Waals surface area contributed by atoms with E-state index in [4.69, 9.17) is 10.5 Å². The molecular weight excluding hydrogens is 270 g/mol. The quantitative estimate of drug-likeness (QED) is 0.830. The van der Waals surface area contributed by atoms with Gasteiger partial charge in [0.2, 0.25) is 0 Å². The Morgan fingerprint density at radius 1 is 1.25 bits per heavy atom. The summed E-state index contributed by atoms with van der Waals surface area (Å²) < 4.78 is 4.90. The molecule has 0 radical (unpaired) electrons. The van der Waals surface area contributed by atoms with Crippen molar-refractivity contribution >= 4 is 28.5 Å². The first kappa shape index (κ1) is 14.9. The number of fused-ring (bicyclic) bond motifs is 1. The summed E-state index contributed by atoms with van der Waals surface area (Å²) in [6, 6.07) is 14.3. The zero-order chi connectivity index (χ0) is 14.4. The first-order valence-electron chi connectivity index (χ1n) is 6.69. The summed E-state index contributed by atoms with van der Waals surface area (Å²) in [7, 11) is 0. The summed E-state index contributed by atoms with van der Waals surface area (Å²) in [6.45, 7) is 2.24. The number of esters is 1. The SMILES string of the molecule is CCOC(=O)CSCC(N)c1cccc2ccccc12. The lowest BCUT2D eigenvalue weighted by Gasteiger charge is -2.14. The van der Waals surface area contributed by atoms with E-state index >= 15 is 0 Å². The average molecular weight is 289 g/mol. The van der Waals surface area contributed by atoms with Crippen molar-refractivity contribution in [3.8, 4) is 0 Å². The number of nitrogens with two attached hydrogens (primary N) is 1. The maximum atomic E-state index is 11.3. The van der Waals surface area contributed by atoms with Crippen molar-refractivity contribution in [2.24, 2.45) is 5.73 Å². The molecule has 2 N–H and O–H groups in total. The number of rotatable bonds is 6. The Morgan fingerprint density at radius 3 is 2.80 bits per heavy atom. The van der Waals surface area contributed by atoms with Crippen LogP contribution in [0, 0.1) is 0 Å². The molecule has 2 aromatic rings. The van der Waals surface area contributed by atoms with Crippen LogP contribution < -0.4 is 5.73 Å². The Labute approximate surface area is 123 Å². The summed E-state index contributed by atoms with van der Waals surface area (Å²) >= 11 is 1.51. The Hall–Kier alpha value is -1.52. The largest absolute Gasteiger partial charge is 0.465 e. The van der Waals surface area contributed by atoms with Crippen molar-refractivity contribution in [2.75, 3.05) is 18.1 Å². The van der Waals surface area contributed by atoms with Crippen molar-refractivity contribution < 1.29 is 9.53 Å². The molecule has 0 saturated heterocycles. The average Bonchev–Trinajstić information content (AvgIpc) is 2.47. The zero-order valence-corrected chi connectivity index (χ0v) is 12.4. The summed E-state index contributed by atoms with van der Waals surface area (Å²) in [4.78, 5) is 11.3. The van der Waals surface area contributed by atoms with Gasteiger partial charge in [0.1, 0.15) is 0 Å². The van der Waals surface area contributed by atoms with E-state index < -0.39 is 0 Å². The Kier molecular flexibility index (Phi) is 5.44. The third-order valence-corrected chi connectivity index (χ3v) is 4.08. The molecule has 0 saturated carbocycles. The molecular formula is C16H19NO2S. The molecule has 1 atom stereocenters. The highest BCUT2D eigenvalue weighted by molar-refractivity contribution is 7.99. The molecule has 3 nitrogen and oxygen atoms in total. The predicted molar refractivity (Wildman–Crippen MR) is 84.8 cm³/mol. The lowest BCUT2D eigenvalue weighted by molar-refractivity contribution is -0.139. The van der Waals surface area contributed by atoms with Crippen LogP contribution >= 0.6 is 11.8 Å². The standard InChI is InChI=1S/C16H19NO2S/c1-2-19-16(18)11-20-10-15(17)14-9-5-7-12-6-3-4-8-13(12)14/h3-9,15H,2,10-11,17H2,1H3. The van der Waals surface area contributed by atoms with Gasteiger partial charge in [-0.25, -0.2) is 0 Å². The fourth-order valence-corrected chi connectivity index (χ4v) is 2.94. The number of carbonyl (C=O) groups excluding carboxylic acids is 1. The molecule has 0 aliphatic carbocycles. The van der Waals surface area contributed by atoms with Gasteiger partial charge in [-0.3, -0.25) is 4.79 Å². The van der Waals surface area contributed by atoms with Gasteiger partial charge in [0.05, 0.1) is 12.4 Å². The van der Waals surface area contributed by atoms with Crippen molar-refractivity contribution in [2.45, 2.75) is 13.0 Å². The van der Waals surface area contributed by atoms with Crippen LogP contribution in [0.1, 0.15) is 18.5 Å². The summed E-state index contributed by atoms with van der Waals surface area (Å²) in [6.07, 6.45) is 0. The van der Waals surface area contributed by atoms with Crippen LogP contribution in [0.15, 0.2) is 42.5 Å². The molecule has 1 unspecified atom stereocenters. The molecule has 0 spiro atoms. The maximum absolute atomic E-state index is 11.3. The van der Waals surface area contributed by atoms with Crippen LogP contribution in [-0.2, 0) is 9.53 Å². The molecule has 2 rings (SSSR count). The van der Waals surface area contributed by atoms with Gasteiger partial charge in [-0.05, 0) is 23.3 Å². The fourth-order valence-electron chi connectivity index (χ4n) is 2.14. The highest BCUT2D eigenvalue weighted by atomic mass is 32.2. The summed E-state index contributed by atoms with van der Waals surface area (Å²) in [5.74, 6) is 0.877. The van der Waals surface area contributed by atoms with E-state index in [0.29, 0.717) is 18.1 Å². The zero-order valence-electron chi connectivity index (χ0n) is 11.5. The lowest BCUT2D eigenvalue weighted by Crippen LogP contribution is -2.15. The lowest BCUT2D eigenvalue weighted by atomic mass is 10.0. The third kappa shape index (κ3) is 3.74. The van der Waals surface area contributed by atoms with Crippen LogP contribution in [0.5, 0.6) is 0 Å². The topological polar surface area (TPSA) is 52.3 Å². The van der Waals surface area contributed by atoms with Crippen molar-refractivity contribution in [3.05, 3.63) is 48.0 Å². The van der Waals surface area contributed by atoms with E-state index in [1.54, 1.807) is 0 Å². The fraction of sp³-hybridized carbons (Fsp3) is 0.312. The first-order chi connectivity index (χ1) is 9.72. The predicted octanol–water partition coefficient (Wildman–Crippen LogP) is 3.14. The van der Waals surface area contributed by atoms with Crippen LogP contribution in [0.2, 0.25) is 0 Å². The normalized spacial score (nSPS) is 12.3. The molecule has 0 aliphatic heterocycles. The molecule has 20 heavy (non-hydrogen) atoms. The molecule has 0 heterocycles. The van der Waals surface area contributed by atoms with E-state index in [2.05, 4.69) is 24.3 Å². The molecule has 2 aromatic carbocycles. The maximum Gasteiger partial charge on any atom is 0.315 e. The number of thioether (sulfide) groups is 1. The number of ether oxygens (including phenoxy) is 1. The van der Waals surface area contributed by atoms with Gasteiger partial charge in [0.25, 0.3) is 0 Å². The molecule has 0 amide bonds. The monoisotopic (exact) mass is 289 g/mol. The Balaban J connectivity index is 2.01. The molecule has 0 fully saturated rings. The van der Waals surface area contributed by atoms with E-state index in [1.807, 2.05) is 25.1 Å². The highest BCUT2D eigenvalue weighted by Crippen LogP contribution is 2.25. The minimum Gasteiger partial charge on any atom is -0.465 e. The summed E-state index contributed by atoms with van der Waals surface area (Å²) in [5, 5.41) is 2.37. The van der Waals surface area contributed by atoms with Gasteiger partial charge in [0, 0.05) is 11.8 Å². The number of hydrogen-bond donors (Lipinski definition) is 1. The van der Waals surface area contributed by atoms with Gasteiger partial charge in [-0.2, -0.15) is 0 Å². The molecule has 4 heteroatoms. The third-order valence-electron chi connectivity index (χ3n) is 3.05. The number of benzene rings is 2. The smallest absolute Gasteiger partial charge is 0.315 e. The number of carbonyl (C=O) groups is 1. The second-order valence-electron chi connectivity index (χ2n) is 4.50. The van der Waals surface area contributed by atoms with Crippen LogP contribution in [0.3, 0.4) is 0 Å². The molecule has 0 bridgehead atoms. The first-order valence-corrected chi connectivity index (χ1v) is 7.84. The van der Waals surface area contributed by atoms with E-state index in [9.17, 15) is 4.79 Å². The van der Waals surface area contributed by atoms with Crippen LogP contribution in [0.25, 0.3) is 10.8 Å². The summed E-state index contributed by atoms with van der Waals surface area (Å²) in [5.41, 5.74) is 7.37. The van der Waals surface area contributed by atoms with E-state index in [0.717, 1.165) is 5.56 Å². The Bertz CT molecular complexity index is 580. The van der Waals surface area contributed by atoms with Gasteiger partial charge >= 0.3 is 5.97 Å². The molecule has 0 aliphatic rings. The highest BCUT2D eigenvalue weighted by Gasteiger charge is 2.11. The van der Waals surface area contributed by atoms with Gasteiger partial charge in [-0.1, -0.05) is 42.5 Å². The number of hydrogen-bond acceptors (Lipinski definition) is 4.